The second-order valence-corrected chi connectivity index (χ2v) is 10.1. The standard InChI is InChI=1S/C27H38N2O5/c1-7-32-25(30)18(2)20-12-15-29(16-13-20)26(31)33-17-14-23-19(3)34-24(28-23)21-8-10-22(11-9-21)27(4,5)6/h8-11,18,20H,7,12-17H2,1-6H3. The van der Waals surface area contributed by atoms with Crippen LogP contribution in [0.3, 0.4) is 0 Å². The van der Waals surface area contributed by atoms with Gasteiger partial charge in [0.2, 0.25) is 5.89 Å². The van der Waals surface area contributed by atoms with Crippen molar-refractivity contribution < 1.29 is 23.5 Å². The highest BCUT2D eigenvalue weighted by Gasteiger charge is 2.31. The zero-order valence-electron chi connectivity index (χ0n) is 21.3. The lowest BCUT2D eigenvalue weighted by Gasteiger charge is -2.33. The number of carbonyl (C=O) groups is 2. The van der Waals surface area contributed by atoms with Gasteiger partial charge in [-0.3, -0.25) is 4.79 Å². The van der Waals surface area contributed by atoms with Crippen molar-refractivity contribution in [2.75, 3.05) is 26.3 Å². The van der Waals surface area contributed by atoms with Gasteiger partial charge in [-0.1, -0.05) is 39.8 Å². The highest BCUT2D eigenvalue weighted by Crippen LogP contribution is 2.28. The van der Waals surface area contributed by atoms with E-state index in [0.29, 0.717) is 32.0 Å². The SMILES string of the molecule is CCOC(=O)C(C)C1CCN(C(=O)OCCc2nc(-c3ccc(C(C)(C)C)cc3)oc2C)CC1. The average molecular weight is 471 g/mol. The molecule has 0 spiro atoms. The van der Waals surface area contributed by atoms with Crippen LogP contribution in [0.4, 0.5) is 4.79 Å². The first-order chi connectivity index (χ1) is 16.1. The zero-order chi connectivity index (χ0) is 24.9. The number of ether oxygens (including phenoxy) is 2. The molecule has 0 saturated carbocycles. The Bertz CT molecular complexity index is 966. The highest BCUT2D eigenvalue weighted by molar-refractivity contribution is 5.72. The third kappa shape index (κ3) is 6.39. The van der Waals surface area contributed by atoms with E-state index in [-0.39, 0.29) is 35.9 Å². The van der Waals surface area contributed by atoms with E-state index in [2.05, 4.69) is 37.9 Å². The number of aryl methyl sites for hydroxylation is 1. The van der Waals surface area contributed by atoms with E-state index in [9.17, 15) is 9.59 Å². The number of carbonyl (C=O) groups excluding carboxylic acids is 2. The van der Waals surface area contributed by atoms with Crippen molar-refractivity contribution >= 4 is 12.1 Å². The highest BCUT2D eigenvalue weighted by atomic mass is 16.6. The fourth-order valence-electron chi connectivity index (χ4n) is 4.27. The van der Waals surface area contributed by atoms with E-state index in [1.807, 2.05) is 32.9 Å². The molecular formula is C27H38N2O5. The second kappa shape index (κ2) is 11.1. The van der Waals surface area contributed by atoms with Crippen molar-refractivity contribution in [2.45, 2.75) is 66.2 Å². The Morgan fingerprint density at radius 3 is 2.38 bits per heavy atom. The lowest BCUT2D eigenvalue weighted by Crippen LogP contribution is -2.41. The van der Waals surface area contributed by atoms with Gasteiger partial charge in [-0.05, 0) is 55.7 Å². The summed E-state index contributed by atoms with van der Waals surface area (Å²) in [5.74, 6) is 1.25. The Hall–Kier alpha value is -2.83. The largest absolute Gasteiger partial charge is 0.466 e. The van der Waals surface area contributed by atoms with Gasteiger partial charge in [0.25, 0.3) is 0 Å². The lowest BCUT2D eigenvalue weighted by molar-refractivity contribution is -0.149. The first kappa shape index (κ1) is 25.8. The van der Waals surface area contributed by atoms with Crippen LogP contribution in [0.1, 0.15) is 64.5 Å². The number of nitrogens with zero attached hydrogens (tertiary/aromatic N) is 2. The number of esters is 1. The number of piperidine rings is 1. The minimum Gasteiger partial charge on any atom is -0.466 e. The summed E-state index contributed by atoms with van der Waals surface area (Å²) < 4.78 is 16.5. The fraction of sp³-hybridized carbons (Fsp3) is 0.593. The summed E-state index contributed by atoms with van der Waals surface area (Å²) in [5, 5.41) is 0. The number of oxazole rings is 1. The molecule has 1 unspecified atom stereocenters. The molecule has 186 valence electrons. The maximum Gasteiger partial charge on any atom is 0.409 e. The van der Waals surface area contributed by atoms with E-state index in [1.165, 1.54) is 5.56 Å². The van der Waals surface area contributed by atoms with Gasteiger partial charge in [-0.25, -0.2) is 9.78 Å². The molecule has 7 nitrogen and oxygen atoms in total. The molecule has 34 heavy (non-hydrogen) atoms. The molecule has 2 heterocycles. The van der Waals surface area contributed by atoms with E-state index in [0.717, 1.165) is 29.9 Å². The van der Waals surface area contributed by atoms with Gasteiger partial charge in [-0.15, -0.1) is 0 Å². The fourth-order valence-corrected chi connectivity index (χ4v) is 4.27. The summed E-state index contributed by atoms with van der Waals surface area (Å²) in [6.45, 7) is 14.0. The van der Waals surface area contributed by atoms with Crippen LogP contribution in [-0.4, -0.2) is 48.2 Å². The molecule has 0 bridgehead atoms. The van der Waals surface area contributed by atoms with Gasteiger partial charge in [0, 0.05) is 25.1 Å². The number of aromatic nitrogens is 1. The Labute approximate surface area is 202 Å². The van der Waals surface area contributed by atoms with E-state index >= 15 is 0 Å². The predicted molar refractivity (Wildman–Crippen MR) is 131 cm³/mol. The summed E-state index contributed by atoms with van der Waals surface area (Å²) in [4.78, 5) is 30.8. The summed E-state index contributed by atoms with van der Waals surface area (Å²) >= 11 is 0. The second-order valence-electron chi connectivity index (χ2n) is 10.1. The molecular weight excluding hydrogens is 432 g/mol. The van der Waals surface area contributed by atoms with Crippen molar-refractivity contribution in [1.29, 1.82) is 0 Å². The molecule has 1 saturated heterocycles. The third-order valence-electron chi connectivity index (χ3n) is 6.62. The quantitative estimate of drug-likeness (QED) is 0.494. The monoisotopic (exact) mass is 470 g/mol. The molecule has 1 aromatic carbocycles. The molecule has 1 aromatic heterocycles. The van der Waals surface area contributed by atoms with Crippen LogP contribution in [0.25, 0.3) is 11.5 Å². The van der Waals surface area contributed by atoms with Crippen molar-refractivity contribution in [3.8, 4) is 11.5 Å². The first-order valence-corrected chi connectivity index (χ1v) is 12.3. The molecule has 1 fully saturated rings. The summed E-state index contributed by atoms with van der Waals surface area (Å²) in [5.41, 5.74) is 3.07. The normalized spacial score (nSPS) is 15.8. The van der Waals surface area contributed by atoms with Crippen LogP contribution in [0.15, 0.2) is 28.7 Å². The van der Waals surface area contributed by atoms with Crippen LogP contribution in [0, 0.1) is 18.8 Å². The number of likely N-dealkylation sites (tertiary alicyclic amines) is 1. The van der Waals surface area contributed by atoms with Gasteiger partial charge >= 0.3 is 12.1 Å². The van der Waals surface area contributed by atoms with Gasteiger partial charge in [0.1, 0.15) is 5.76 Å². The molecule has 1 atom stereocenters. The number of hydrogen-bond acceptors (Lipinski definition) is 6. The number of hydrogen-bond donors (Lipinski definition) is 0. The van der Waals surface area contributed by atoms with Gasteiger partial charge in [0.05, 0.1) is 24.8 Å². The number of amides is 1. The summed E-state index contributed by atoms with van der Waals surface area (Å²) in [6.07, 6.45) is 1.72. The Balaban J connectivity index is 1.47. The average Bonchev–Trinajstić information content (AvgIpc) is 3.18. The lowest BCUT2D eigenvalue weighted by atomic mass is 9.85. The summed E-state index contributed by atoms with van der Waals surface area (Å²) in [6, 6.07) is 8.27. The van der Waals surface area contributed by atoms with Gasteiger partial charge in [0.15, 0.2) is 0 Å². The molecule has 1 aliphatic heterocycles. The smallest absolute Gasteiger partial charge is 0.409 e. The van der Waals surface area contributed by atoms with Crippen molar-refractivity contribution in [3.63, 3.8) is 0 Å². The van der Waals surface area contributed by atoms with Crippen LogP contribution >= 0.6 is 0 Å². The van der Waals surface area contributed by atoms with E-state index in [1.54, 1.807) is 4.90 Å². The van der Waals surface area contributed by atoms with Crippen molar-refractivity contribution in [2.24, 2.45) is 11.8 Å². The van der Waals surface area contributed by atoms with Crippen molar-refractivity contribution in [3.05, 3.63) is 41.3 Å². The molecule has 2 aromatic rings. The molecule has 1 aliphatic rings. The van der Waals surface area contributed by atoms with Crippen molar-refractivity contribution in [1.82, 2.24) is 9.88 Å². The van der Waals surface area contributed by atoms with Gasteiger partial charge in [-0.2, -0.15) is 0 Å². The first-order valence-electron chi connectivity index (χ1n) is 12.3. The van der Waals surface area contributed by atoms with Crippen LogP contribution in [-0.2, 0) is 26.1 Å². The summed E-state index contributed by atoms with van der Waals surface area (Å²) in [7, 11) is 0. The van der Waals surface area contributed by atoms with E-state index in [4.69, 9.17) is 13.9 Å². The Morgan fingerprint density at radius 2 is 1.79 bits per heavy atom. The molecule has 7 heteroatoms. The number of rotatable bonds is 7. The molecule has 0 radical (unpaired) electrons. The predicted octanol–water partition coefficient (Wildman–Crippen LogP) is 5.54. The maximum absolute atomic E-state index is 12.5. The Morgan fingerprint density at radius 1 is 1.15 bits per heavy atom. The van der Waals surface area contributed by atoms with E-state index < -0.39 is 0 Å². The third-order valence-corrected chi connectivity index (χ3v) is 6.62. The molecule has 3 rings (SSSR count). The van der Waals surface area contributed by atoms with Crippen LogP contribution in [0.2, 0.25) is 0 Å². The minimum absolute atomic E-state index is 0.0918. The molecule has 1 amide bonds. The molecule has 0 aliphatic carbocycles. The zero-order valence-corrected chi connectivity index (χ0v) is 21.3. The van der Waals surface area contributed by atoms with Crippen LogP contribution < -0.4 is 0 Å². The topological polar surface area (TPSA) is 81.9 Å². The Kier molecular flexibility index (Phi) is 8.39. The maximum atomic E-state index is 12.5. The molecule has 0 N–H and O–H groups in total. The minimum atomic E-state index is -0.318. The number of benzene rings is 1. The van der Waals surface area contributed by atoms with Crippen LogP contribution in [0.5, 0.6) is 0 Å². The van der Waals surface area contributed by atoms with Gasteiger partial charge < -0.3 is 18.8 Å².